The average Bonchev–Trinajstić information content (AvgIpc) is 3.10. The van der Waals surface area contributed by atoms with Crippen LogP contribution in [0.1, 0.15) is 17.5 Å². The molecule has 0 bridgehead atoms. The van der Waals surface area contributed by atoms with E-state index in [1.54, 1.807) is 6.92 Å². The summed E-state index contributed by atoms with van der Waals surface area (Å²) in [6.07, 6.45) is -1.98. The first-order valence-electron chi connectivity index (χ1n) is 9.07. The fourth-order valence-electron chi connectivity index (χ4n) is 2.95. The Labute approximate surface area is 186 Å². The summed E-state index contributed by atoms with van der Waals surface area (Å²) < 4.78 is 60.4. The van der Waals surface area contributed by atoms with Crippen LogP contribution in [0.5, 0.6) is 17.4 Å². The van der Waals surface area contributed by atoms with E-state index in [1.165, 1.54) is 29.0 Å². The van der Waals surface area contributed by atoms with E-state index >= 15 is 0 Å². The van der Waals surface area contributed by atoms with Gasteiger partial charge in [0.2, 0.25) is 5.82 Å². The molecule has 1 aliphatic rings. The molecule has 3 aromatic rings. The van der Waals surface area contributed by atoms with E-state index in [0.717, 1.165) is 6.07 Å². The molecule has 1 saturated heterocycles. The monoisotopic (exact) mass is 489 g/mol. The second-order valence-corrected chi connectivity index (χ2v) is 9.20. The lowest BCUT2D eigenvalue weighted by atomic mass is 10.1. The minimum Gasteiger partial charge on any atom is -0.478 e. The molecular weight excluding hydrogens is 475 g/mol. The Morgan fingerprint density at radius 2 is 2.12 bits per heavy atom. The quantitative estimate of drug-likeness (QED) is 0.567. The number of hydrogen-bond donors (Lipinski definition) is 1. The van der Waals surface area contributed by atoms with Crippen molar-refractivity contribution in [1.29, 1.82) is 0 Å². The van der Waals surface area contributed by atoms with E-state index < -0.39 is 35.0 Å². The van der Waals surface area contributed by atoms with E-state index in [2.05, 4.69) is 20.4 Å². The van der Waals surface area contributed by atoms with Crippen LogP contribution >= 0.6 is 11.6 Å². The van der Waals surface area contributed by atoms with Gasteiger partial charge in [-0.2, -0.15) is 13.2 Å². The first-order valence-corrected chi connectivity index (χ1v) is 10.9. The molecule has 1 amide bonds. The maximum atomic E-state index is 12.5. The van der Waals surface area contributed by atoms with Crippen molar-refractivity contribution < 1.29 is 31.6 Å². The third-order valence-corrected chi connectivity index (χ3v) is 6.40. The summed E-state index contributed by atoms with van der Waals surface area (Å²) in [5.41, 5.74) is -0.233. The molecule has 14 heteroatoms. The van der Waals surface area contributed by atoms with E-state index in [0.29, 0.717) is 17.2 Å². The van der Waals surface area contributed by atoms with Crippen LogP contribution in [0.15, 0.2) is 30.6 Å². The Bertz CT molecular complexity index is 1210. The highest BCUT2D eigenvalue weighted by atomic mass is 35.5. The highest BCUT2D eigenvalue weighted by Gasteiger charge is 2.40. The number of rotatable bonds is 6. The molecule has 0 saturated carbocycles. The molecule has 0 aromatic carbocycles. The number of halogens is 4. The standard InChI is InChI=1S/C18H15ClF3N5O4S/c1-17(8-32(29)9-17)25-15(28)14-24-13-3-2-11(6-27(13)26-14)31-16-12(4-10(19)5-23-16)30-7-18(20,21)22/h2-6H,7-9H2,1H3,(H,25,28). The van der Waals surface area contributed by atoms with Crippen LogP contribution in [0, 0.1) is 0 Å². The van der Waals surface area contributed by atoms with Gasteiger partial charge >= 0.3 is 6.18 Å². The number of hydrogen-bond acceptors (Lipinski definition) is 7. The highest BCUT2D eigenvalue weighted by molar-refractivity contribution is 7.86. The Morgan fingerprint density at radius 3 is 2.81 bits per heavy atom. The number of carbonyl (C=O) groups is 1. The van der Waals surface area contributed by atoms with E-state index in [-0.39, 0.29) is 28.2 Å². The Hall–Kier alpha value is -2.93. The zero-order valence-electron chi connectivity index (χ0n) is 16.4. The van der Waals surface area contributed by atoms with Crippen molar-refractivity contribution in [3.05, 3.63) is 41.4 Å². The maximum Gasteiger partial charge on any atom is 0.422 e. The van der Waals surface area contributed by atoms with E-state index in [1.807, 2.05) is 0 Å². The van der Waals surface area contributed by atoms with Crippen LogP contribution in [-0.4, -0.2) is 59.5 Å². The zero-order valence-corrected chi connectivity index (χ0v) is 17.9. The van der Waals surface area contributed by atoms with Crippen molar-refractivity contribution in [2.75, 3.05) is 18.1 Å². The molecule has 4 heterocycles. The van der Waals surface area contributed by atoms with Crippen molar-refractivity contribution in [2.24, 2.45) is 0 Å². The molecule has 32 heavy (non-hydrogen) atoms. The molecule has 1 aliphatic heterocycles. The van der Waals surface area contributed by atoms with Gasteiger partial charge in [0.15, 0.2) is 18.0 Å². The number of alkyl halides is 3. The van der Waals surface area contributed by atoms with Gasteiger partial charge in [-0.1, -0.05) is 11.6 Å². The summed E-state index contributed by atoms with van der Waals surface area (Å²) >= 11 is 5.79. The Balaban J connectivity index is 1.52. The third-order valence-electron chi connectivity index (χ3n) is 4.27. The lowest BCUT2D eigenvalue weighted by molar-refractivity contribution is -0.153. The second kappa shape index (κ2) is 8.20. The molecule has 0 aliphatic carbocycles. The molecule has 9 nitrogen and oxygen atoms in total. The number of carbonyl (C=O) groups excluding carboxylic acids is 1. The van der Waals surface area contributed by atoms with Gasteiger partial charge < -0.3 is 14.8 Å². The minimum absolute atomic E-state index is 0.0703. The normalized spacial score (nSPS) is 20.6. The van der Waals surface area contributed by atoms with Gasteiger partial charge in [-0.25, -0.2) is 14.5 Å². The number of pyridine rings is 2. The molecule has 4 rings (SSSR count). The largest absolute Gasteiger partial charge is 0.478 e. The number of aromatic nitrogens is 4. The van der Waals surface area contributed by atoms with Crippen molar-refractivity contribution in [2.45, 2.75) is 18.6 Å². The van der Waals surface area contributed by atoms with E-state index in [4.69, 9.17) is 21.1 Å². The molecule has 3 aromatic heterocycles. The van der Waals surface area contributed by atoms with Gasteiger partial charge in [0.25, 0.3) is 11.8 Å². The van der Waals surface area contributed by atoms with Crippen LogP contribution in [-0.2, 0) is 10.8 Å². The number of nitrogens with zero attached hydrogens (tertiary/aromatic N) is 4. The molecule has 0 unspecified atom stereocenters. The first kappa shape index (κ1) is 22.3. The molecule has 1 fully saturated rings. The lowest BCUT2D eigenvalue weighted by Crippen LogP contribution is -2.61. The van der Waals surface area contributed by atoms with Crippen molar-refractivity contribution >= 4 is 34.0 Å². The summed E-state index contributed by atoms with van der Waals surface area (Å²) in [5.74, 6) is -0.269. The minimum atomic E-state index is -4.55. The van der Waals surface area contributed by atoms with Gasteiger partial charge in [-0.3, -0.25) is 9.00 Å². The Morgan fingerprint density at radius 1 is 1.38 bits per heavy atom. The van der Waals surface area contributed by atoms with Crippen LogP contribution < -0.4 is 14.8 Å². The highest BCUT2D eigenvalue weighted by Crippen LogP contribution is 2.32. The number of fused-ring (bicyclic) bond motifs is 1. The lowest BCUT2D eigenvalue weighted by Gasteiger charge is -2.37. The van der Waals surface area contributed by atoms with Gasteiger partial charge in [0.05, 0.1) is 16.8 Å². The molecule has 0 radical (unpaired) electrons. The van der Waals surface area contributed by atoms with Crippen molar-refractivity contribution in [1.82, 2.24) is 24.9 Å². The average molecular weight is 490 g/mol. The summed E-state index contributed by atoms with van der Waals surface area (Å²) in [4.78, 5) is 20.4. The van der Waals surface area contributed by atoms with Gasteiger partial charge in [-0.15, -0.1) is 5.10 Å². The predicted octanol–water partition coefficient (Wildman–Crippen LogP) is 2.76. The number of amides is 1. The first-order chi connectivity index (χ1) is 15.0. The fourth-order valence-corrected chi connectivity index (χ4v) is 4.58. The second-order valence-electron chi connectivity index (χ2n) is 7.31. The van der Waals surface area contributed by atoms with Crippen LogP contribution in [0.2, 0.25) is 5.02 Å². The van der Waals surface area contributed by atoms with Crippen molar-refractivity contribution in [3.8, 4) is 17.4 Å². The van der Waals surface area contributed by atoms with Crippen LogP contribution in [0.25, 0.3) is 5.65 Å². The molecular formula is C18H15ClF3N5O4S. The van der Waals surface area contributed by atoms with Crippen LogP contribution in [0.4, 0.5) is 13.2 Å². The molecule has 170 valence electrons. The van der Waals surface area contributed by atoms with E-state index in [9.17, 15) is 22.2 Å². The molecule has 0 atom stereocenters. The zero-order chi connectivity index (χ0) is 23.1. The fraction of sp³-hybridized carbons (Fsp3) is 0.333. The number of ether oxygens (including phenoxy) is 2. The predicted molar refractivity (Wildman–Crippen MR) is 108 cm³/mol. The molecule has 0 spiro atoms. The summed E-state index contributed by atoms with van der Waals surface area (Å²) in [6, 6.07) is 4.14. The van der Waals surface area contributed by atoms with Gasteiger partial charge in [0, 0.05) is 34.6 Å². The topological polar surface area (TPSA) is 108 Å². The summed E-state index contributed by atoms with van der Waals surface area (Å²) in [7, 11) is -0.946. The Kier molecular flexibility index (Phi) is 5.71. The number of nitrogens with one attached hydrogen (secondary N) is 1. The summed E-state index contributed by atoms with van der Waals surface area (Å²) in [6.45, 7) is 0.240. The van der Waals surface area contributed by atoms with Crippen LogP contribution in [0.3, 0.4) is 0 Å². The SMILES string of the molecule is CC1(NC(=O)c2nc3ccc(Oc4ncc(Cl)cc4OCC(F)(F)F)cn3n2)CS(=O)C1. The summed E-state index contributed by atoms with van der Waals surface area (Å²) in [5, 5.41) is 6.93. The van der Waals surface area contributed by atoms with Gasteiger partial charge in [0.1, 0.15) is 5.75 Å². The molecule has 1 N–H and O–H groups in total. The van der Waals surface area contributed by atoms with Crippen molar-refractivity contribution in [3.63, 3.8) is 0 Å². The third kappa shape index (κ3) is 5.10. The van der Waals surface area contributed by atoms with Gasteiger partial charge in [-0.05, 0) is 19.1 Å². The smallest absolute Gasteiger partial charge is 0.422 e. The maximum absolute atomic E-state index is 12.5.